The molecule has 154 valence electrons. The van der Waals surface area contributed by atoms with E-state index in [1.165, 1.54) is 0 Å². The van der Waals surface area contributed by atoms with Gasteiger partial charge < -0.3 is 15.4 Å². The Labute approximate surface area is 180 Å². The van der Waals surface area contributed by atoms with Gasteiger partial charge in [0.2, 0.25) is 5.91 Å². The van der Waals surface area contributed by atoms with Crippen LogP contribution in [0.3, 0.4) is 0 Å². The minimum absolute atomic E-state index is 0.148. The predicted octanol–water partition coefficient (Wildman–Crippen LogP) is 3.97. The number of rotatable bonds is 7. The fraction of sp³-hybridized carbons (Fsp3) is 0.333. The Kier molecular flexibility index (Phi) is 7.36. The fourth-order valence-corrected chi connectivity index (χ4v) is 3.70. The molecule has 1 saturated heterocycles. The normalized spacial score (nSPS) is 13.9. The highest BCUT2D eigenvalue weighted by Crippen LogP contribution is 2.25. The van der Waals surface area contributed by atoms with Crippen molar-refractivity contribution in [2.75, 3.05) is 32.1 Å². The largest absolute Gasteiger partial charge is 0.495 e. The molecule has 8 heteroatoms. The molecule has 0 unspecified atom stereocenters. The van der Waals surface area contributed by atoms with Crippen molar-refractivity contribution >= 4 is 40.7 Å². The minimum Gasteiger partial charge on any atom is -0.495 e. The average molecular weight is 436 g/mol. The molecule has 2 aromatic rings. The zero-order valence-corrected chi connectivity index (χ0v) is 17.6. The number of nitrogens with zero attached hydrogens (tertiary/aromatic N) is 1. The molecule has 2 aromatic carbocycles. The Morgan fingerprint density at radius 1 is 1.10 bits per heavy atom. The Morgan fingerprint density at radius 2 is 1.86 bits per heavy atom. The van der Waals surface area contributed by atoms with E-state index in [2.05, 4.69) is 15.5 Å². The first-order chi connectivity index (χ1) is 14.0. The second-order valence-corrected chi connectivity index (χ2v) is 7.72. The number of hydrogen-bond donors (Lipinski definition) is 2. The van der Waals surface area contributed by atoms with Crippen molar-refractivity contribution < 1.29 is 14.3 Å². The number of anilines is 1. The summed E-state index contributed by atoms with van der Waals surface area (Å²) in [5.41, 5.74) is 1.57. The molecule has 0 radical (unpaired) electrons. The molecular formula is C21H23Cl2N3O3. The zero-order valence-electron chi connectivity index (χ0n) is 16.1. The van der Waals surface area contributed by atoms with Gasteiger partial charge in [0.05, 0.1) is 29.9 Å². The van der Waals surface area contributed by atoms with Gasteiger partial charge in [-0.15, -0.1) is 0 Å². The monoisotopic (exact) mass is 435 g/mol. The third-order valence-electron chi connectivity index (χ3n) is 4.74. The van der Waals surface area contributed by atoms with Gasteiger partial charge in [-0.3, -0.25) is 14.5 Å². The number of hydrogen-bond acceptors (Lipinski definition) is 4. The van der Waals surface area contributed by atoms with Crippen LogP contribution in [0.1, 0.15) is 28.8 Å². The van der Waals surface area contributed by atoms with Crippen LogP contribution in [0.15, 0.2) is 36.4 Å². The molecule has 3 rings (SSSR count). The van der Waals surface area contributed by atoms with Gasteiger partial charge in [0.1, 0.15) is 5.75 Å². The molecule has 1 aliphatic heterocycles. The molecule has 1 fully saturated rings. The summed E-state index contributed by atoms with van der Waals surface area (Å²) < 4.78 is 5.13. The number of nitrogens with one attached hydrogen (secondary N) is 2. The number of carbonyl (C=O) groups is 2. The molecule has 29 heavy (non-hydrogen) atoms. The predicted molar refractivity (Wildman–Crippen MR) is 115 cm³/mol. The van der Waals surface area contributed by atoms with Crippen molar-refractivity contribution in [1.82, 2.24) is 10.2 Å². The molecule has 0 saturated carbocycles. The van der Waals surface area contributed by atoms with Crippen LogP contribution in [0, 0.1) is 0 Å². The highest BCUT2D eigenvalue weighted by molar-refractivity contribution is 6.32. The lowest BCUT2D eigenvalue weighted by Gasteiger charge is -2.16. The van der Waals surface area contributed by atoms with E-state index in [-0.39, 0.29) is 18.4 Å². The molecule has 0 atom stereocenters. The summed E-state index contributed by atoms with van der Waals surface area (Å²) in [7, 11) is 1.54. The summed E-state index contributed by atoms with van der Waals surface area (Å²) in [4.78, 5) is 27.2. The lowest BCUT2D eigenvalue weighted by molar-refractivity contribution is -0.117. The summed E-state index contributed by atoms with van der Waals surface area (Å²) in [6.45, 7) is 2.43. The van der Waals surface area contributed by atoms with Crippen LogP contribution in [0.4, 0.5) is 5.69 Å². The van der Waals surface area contributed by atoms with E-state index in [9.17, 15) is 9.59 Å². The number of carbonyl (C=O) groups excluding carboxylic acids is 2. The maximum absolute atomic E-state index is 12.7. The van der Waals surface area contributed by atoms with Crippen LogP contribution < -0.4 is 15.4 Å². The topological polar surface area (TPSA) is 70.7 Å². The third-order valence-corrected chi connectivity index (χ3v) is 5.27. The first-order valence-electron chi connectivity index (χ1n) is 9.38. The van der Waals surface area contributed by atoms with Gasteiger partial charge in [-0.25, -0.2) is 0 Å². The highest BCUT2D eigenvalue weighted by atomic mass is 35.5. The van der Waals surface area contributed by atoms with Crippen molar-refractivity contribution in [3.8, 4) is 5.75 Å². The molecule has 0 spiro atoms. The van der Waals surface area contributed by atoms with E-state index in [4.69, 9.17) is 27.9 Å². The SMILES string of the molecule is COc1ccc(CNC(=O)c2cc(Cl)ccc2NC(=O)CN2CCCC2)cc1Cl. The van der Waals surface area contributed by atoms with Crippen LogP contribution in [0.25, 0.3) is 0 Å². The van der Waals surface area contributed by atoms with Gasteiger partial charge >= 0.3 is 0 Å². The van der Waals surface area contributed by atoms with Gasteiger partial charge in [-0.2, -0.15) is 0 Å². The Morgan fingerprint density at radius 3 is 2.55 bits per heavy atom. The highest BCUT2D eigenvalue weighted by Gasteiger charge is 2.18. The van der Waals surface area contributed by atoms with Crippen LogP contribution in [-0.2, 0) is 11.3 Å². The second-order valence-electron chi connectivity index (χ2n) is 6.87. The number of ether oxygens (including phenoxy) is 1. The van der Waals surface area contributed by atoms with Gasteiger partial charge in [-0.05, 0) is 61.8 Å². The van der Waals surface area contributed by atoms with Crippen LogP contribution >= 0.6 is 23.2 Å². The van der Waals surface area contributed by atoms with Gasteiger partial charge in [-0.1, -0.05) is 29.3 Å². The van der Waals surface area contributed by atoms with Crippen LogP contribution in [0.2, 0.25) is 10.0 Å². The quantitative estimate of drug-likeness (QED) is 0.689. The maximum Gasteiger partial charge on any atom is 0.253 e. The molecule has 2 amide bonds. The van der Waals surface area contributed by atoms with E-state index < -0.39 is 0 Å². The lowest BCUT2D eigenvalue weighted by atomic mass is 10.1. The lowest BCUT2D eigenvalue weighted by Crippen LogP contribution is -2.32. The fourth-order valence-electron chi connectivity index (χ4n) is 3.24. The van der Waals surface area contributed by atoms with Gasteiger partial charge in [0.25, 0.3) is 5.91 Å². The minimum atomic E-state index is -0.337. The zero-order chi connectivity index (χ0) is 20.8. The molecule has 0 aromatic heterocycles. The van der Waals surface area contributed by atoms with Crippen LogP contribution in [0.5, 0.6) is 5.75 Å². The number of amides is 2. The van der Waals surface area contributed by atoms with E-state index in [0.717, 1.165) is 31.5 Å². The van der Waals surface area contributed by atoms with E-state index in [1.54, 1.807) is 37.4 Å². The molecule has 1 aliphatic rings. The summed E-state index contributed by atoms with van der Waals surface area (Å²) in [5.74, 6) is 0.0840. The number of likely N-dealkylation sites (tertiary alicyclic amines) is 1. The van der Waals surface area contributed by atoms with Gasteiger partial charge in [0, 0.05) is 11.6 Å². The summed E-state index contributed by atoms with van der Waals surface area (Å²) >= 11 is 12.2. The van der Waals surface area contributed by atoms with E-state index in [1.807, 2.05) is 6.07 Å². The smallest absolute Gasteiger partial charge is 0.253 e. The van der Waals surface area contributed by atoms with Crippen molar-refractivity contribution in [1.29, 1.82) is 0 Å². The average Bonchev–Trinajstić information content (AvgIpc) is 3.20. The maximum atomic E-state index is 12.7. The Bertz CT molecular complexity index is 899. The number of halogens is 2. The molecule has 0 bridgehead atoms. The second kappa shape index (κ2) is 9.96. The standard InChI is InChI=1S/C21H23Cl2N3O3/c1-29-19-7-4-14(10-17(19)23)12-24-21(28)16-11-15(22)5-6-18(16)25-20(27)13-26-8-2-3-9-26/h4-7,10-11H,2-3,8-9,12-13H2,1H3,(H,24,28)(H,25,27). The van der Waals surface area contributed by atoms with Crippen molar-refractivity contribution in [3.63, 3.8) is 0 Å². The van der Waals surface area contributed by atoms with Crippen LogP contribution in [-0.4, -0.2) is 43.5 Å². The molecule has 1 heterocycles. The van der Waals surface area contributed by atoms with E-state index >= 15 is 0 Å². The Balaban J connectivity index is 1.66. The number of benzene rings is 2. The summed E-state index contributed by atoms with van der Waals surface area (Å²) in [6.07, 6.45) is 2.22. The van der Waals surface area contributed by atoms with Crippen molar-refractivity contribution in [2.24, 2.45) is 0 Å². The van der Waals surface area contributed by atoms with E-state index in [0.29, 0.717) is 33.6 Å². The third kappa shape index (κ3) is 5.85. The molecule has 6 nitrogen and oxygen atoms in total. The van der Waals surface area contributed by atoms with Crippen molar-refractivity contribution in [3.05, 3.63) is 57.6 Å². The molecule has 0 aliphatic carbocycles. The van der Waals surface area contributed by atoms with Crippen molar-refractivity contribution in [2.45, 2.75) is 19.4 Å². The summed E-state index contributed by atoms with van der Waals surface area (Å²) in [6, 6.07) is 10.1. The first-order valence-corrected chi connectivity index (χ1v) is 10.1. The summed E-state index contributed by atoms with van der Waals surface area (Å²) in [5, 5.41) is 6.55. The number of methoxy groups -OCH3 is 1. The Hall–Kier alpha value is -2.28. The first kappa shape index (κ1) is 21.4. The van der Waals surface area contributed by atoms with Gasteiger partial charge in [0.15, 0.2) is 0 Å². The molecule has 2 N–H and O–H groups in total. The molecular weight excluding hydrogens is 413 g/mol.